The third-order valence-corrected chi connectivity index (χ3v) is 3.68. The number of fused-ring (bicyclic) bond motifs is 1. The van der Waals surface area contributed by atoms with E-state index in [9.17, 15) is 22.8 Å². The predicted molar refractivity (Wildman–Crippen MR) is 69.2 cm³/mol. The monoisotopic (exact) mass is 296 g/mol. The highest BCUT2D eigenvalue weighted by molar-refractivity contribution is 5.35. The molecule has 0 saturated carbocycles. The van der Waals surface area contributed by atoms with Gasteiger partial charge in [0.05, 0.1) is 6.04 Å². The van der Waals surface area contributed by atoms with Crippen LogP contribution in [0, 0.1) is 0 Å². The molecule has 0 aliphatic heterocycles. The number of benzene rings is 1. The van der Waals surface area contributed by atoms with Crippen molar-refractivity contribution in [2.45, 2.75) is 25.1 Å². The Morgan fingerprint density at radius 3 is 2.57 bits per heavy atom. The zero-order valence-corrected chi connectivity index (χ0v) is 10.8. The Labute approximate surface area is 116 Å². The predicted octanol–water partition coefficient (Wildman–Crippen LogP) is 2.09. The average molecular weight is 296 g/mol. The fourth-order valence-corrected chi connectivity index (χ4v) is 2.76. The van der Waals surface area contributed by atoms with Crippen LogP contribution in [-0.2, 0) is 12.6 Å². The second-order valence-electron chi connectivity index (χ2n) is 4.95. The van der Waals surface area contributed by atoms with Crippen LogP contribution in [0.4, 0.5) is 13.2 Å². The number of halogens is 3. The highest BCUT2D eigenvalue weighted by Gasteiger charge is 2.34. The second kappa shape index (κ2) is 4.61. The molecule has 7 heteroatoms. The van der Waals surface area contributed by atoms with Crippen molar-refractivity contribution in [2.75, 3.05) is 0 Å². The topological polar surface area (TPSA) is 54.9 Å². The molecule has 1 atom stereocenters. The highest BCUT2D eigenvalue weighted by Crippen LogP contribution is 2.32. The molecule has 21 heavy (non-hydrogen) atoms. The maximum atomic E-state index is 12.6. The number of nitrogens with one attached hydrogen (secondary N) is 1. The van der Waals surface area contributed by atoms with Gasteiger partial charge in [-0.1, -0.05) is 24.3 Å². The molecule has 1 aromatic heterocycles. The van der Waals surface area contributed by atoms with Crippen molar-refractivity contribution in [2.24, 2.45) is 0 Å². The van der Waals surface area contributed by atoms with E-state index in [4.69, 9.17) is 0 Å². The van der Waals surface area contributed by atoms with E-state index in [-0.39, 0.29) is 0 Å². The smallest absolute Gasteiger partial charge is 0.303 e. The van der Waals surface area contributed by atoms with E-state index in [1.54, 1.807) is 17.1 Å². The summed E-state index contributed by atoms with van der Waals surface area (Å²) < 4.78 is 38.6. The molecule has 0 fully saturated rings. The van der Waals surface area contributed by atoms with Crippen molar-refractivity contribution in [1.29, 1.82) is 0 Å². The molecule has 1 heterocycles. The number of alkyl halides is 3. The molecule has 2 aromatic rings. The molecule has 1 aliphatic rings. The molecule has 1 N–H and O–H groups in total. The molecule has 0 amide bonds. The second-order valence-corrected chi connectivity index (χ2v) is 4.95. The minimum atomic E-state index is -4.75. The average Bonchev–Trinajstić information content (AvgIpc) is 2.81. The normalized spacial score (nSPS) is 17.8. The molecule has 0 saturated heterocycles. The van der Waals surface area contributed by atoms with Crippen LogP contribution in [0.3, 0.4) is 0 Å². The molecule has 1 aliphatic carbocycles. The molecule has 3 rings (SSSR count). The third kappa shape index (κ3) is 2.28. The van der Waals surface area contributed by atoms with Crippen LogP contribution in [0.1, 0.15) is 29.3 Å². The number of hydrogen-bond donors (Lipinski definition) is 1. The first-order chi connectivity index (χ1) is 9.88. The summed E-state index contributed by atoms with van der Waals surface area (Å²) >= 11 is 0. The van der Waals surface area contributed by atoms with Crippen LogP contribution in [0.5, 0.6) is 0 Å². The summed E-state index contributed by atoms with van der Waals surface area (Å²) in [7, 11) is 0. The van der Waals surface area contributed by atoms with Gasteiger partial charge in [-0.3, -0.25) is 9.36 Å². The van der Waals surface area contributed by atoms with Crippen molar-refractivity contribution in [1.82, 2.24) is 9.55 Å². The Hall–Kier alpha value is -2.31. The maximum Gasteiger partial charge on any atom is 0.431 e. The van der Waals surface area contributed by atoms with E-state index >= 15 is 0 Å². The Balaban J connectivity index is 2.14. The molecule has 0 spiro atoms. The van der Waals surface area contributed by atoms with Crippen LogP contribution in [-0.4, -0.2) is 9.55 Å². The van der Waals surface area contributed by atoms with Crippen LogP contribution < -0.4 is 11.2 Å². The molecule has 4 nitrogen and oxygen atoms in total. The fraction of sp³-hybridized carbons (Fsp3) is 0.286. The summed E-state index contributed by atoms with van der Waals surface area (Å²) in [5.74, 6) is 0. The number of aryl methyl sites for hydroxylation is 1. The van der Waals surface area contributed by atoms with E-state index in [1.807, 2.05) is 12.1 Å². The number of nitrogens with zero attached hydrogens (tertiary/aromatic N) is 1. The van der Waals surface area contributed by atoms with Gasteiger partial charge in [0, 0.05) is 6.07 Å². The van der Waals surface area contributed by atoms with Gasteiger partial charge >= 0.3 is 11.9 Å². The lowest BCUT2D eigenvalue weighted by Crippen LogP contribution is -2.39. The summed E-state index contributed by atoms with van der Waals surface area (Å²) in [6.07, 6.45) is -3.54. The minimum Gasteiger partial charge on any atom is -0.303 e. The van der Waals surface area contributed by atoms with Gasteiger partial charge in [0.1, 0.15) is 5.69 Å². The van der Waals surface area contributed by atoms with Crippen molar-refractivity contribution >= 4 is 0 Å². The number of hydrogen-bond acceptors (Lipinski definition) is 2. The number of H-pyrrole nitrogens is 1. The summed E-state index contributed by atoms with van der Waals surface area (Å²) in [5.41, 5.74) is -1.47. The zero-order chi connectivity index (χ0) is 15.2. The minimum absolute atomic E-state index is 0.433. The number of aromatic nitrogens is 2. The molecular weight excluding hydrogens is 285 g/mol. The van der Waals surface area contributed by atoms with E-state index < -0.39 is 29.2 Å². The Morgan fingerprint density at radius 2 is 1.90 bits per heavy atom. The lowest BCUT2D eigenvalue weighted by atomic mass is 10.1. The Kier molecular flexibility index (Phi) is 3.00. The number of rotatable bonds is 1. The lowest BCUT2D eigenvalue weighted by molar-refractivity contribution is -0.141. The van der Waals surface area contributed by atoms with E-state index in [1.165, 1.54) is 0 Å². The van der Waals surface area contributed by atoms with Gasteiger partial charge in [-0.15, -0.1) is 0 Å². The van der Waals surface area contributed by atoms with Crippen molar-refractivity contribution in [3.63, 3.8) is 0 Å². The van der Waals surface area contributed by atoms with E-state index in [0.717, 1.165) is 15.7 Å². The van der Waals surface area contributed by atoms with Crippen LogP contribution in [0.2, 0.25) is 0 Å². The molecule has 0 bridgehead atoms. The molecule has 1 unspecified atom stereocenters. The van der Waals surface area contributed by atoms with Crippen molar-refractivity contribution in [3.8, 4) is 0 Å². The third-order valence-electron chi connectivity index (χ3n) is 3.68. The van der Waals surface area contributed by atoms with Gasteiger partial charge in [0.2, 0.25) is 0 Å². The van der Waals surface area contributed by atoms with Gasteiger partial charge in [-0.2, -0.15) is 13.2 Å². The number of aromatic amines is 1. The first kappa shape index (κ1) is 13.7. The van der Waals surface area contributed by atoms with Gasteiger partial charge < -0.3 is 4.98 Å². The van der Waals surface area contributed by atoms with Crippen molar-refractivity contribution < 1.29 is 13.2 Å². The molecule has 110 valence electrons. The van der Waals surface area contributed by atoms with Gasteiger partial charge in [-0.05, 0) is 24.0 Å². The fourth-order valence-electron chi connectivity index (χ4n) is 2.76. The van der Waals surface area contributed by atoms with Crippen molar-refractivity contribution in [3.05, 3.63) is 68.0 Å². The Bertz CT molecular complexity index is 774. The van der Waals surface area contributed by atoms with Crippen LogP contribution in [0.15, 0.2) is 39.9 Å². The highest BCUT2D eigenvalue weighted by atomic mass is 19.4. The molecular formula is C14H11F3N2O2. The van der Waals surface area contributed by atoms with Gasteiger partial charge in [0.15, 0.2) is 0 Å². The van der Waals surface area contributed by atoms with Crippen LogP contribution in [0.25, 0.3) is 0 Å². The quantitative estimate of drug-likeness (QED) is 0.876. The molecule has 1 aromatic carbocycles. The largest absolute Gasteiger partial charge is 0.431 e. The Morgan fingerprint density at radius 1 is 1.19 bits per heavy atom. The first-order valence-corrected chi connectivity index (χ1v) is 6.39. The van der Waals surface area contributed by atoms with E-state index in [2.05, 4.69) is 0 Å². The SMILES string of the molecule is O=c1cc(C(F)(F)F)[nH]c(=O)n1C1CCc2ccccc21. The van der Waals surface area contributed by atoms with E-state index in [0.29, 0.717) is 18.9 Å². The van der Waals surface area contributed by atoms with Gasteiger partial charge in [-0.25, -0.2) is 4.79 Å². The molecule has 0 radical (unpaired) electrons. The summed E-state index contributed by atoms with van der Waals surface area (Å²) in [6, 6.07) is 7.22. The summed E-state index contributed by atoms with van der Waals surface area (Å²) in [4.78, 5) is 25.6. The summed E-state index contributed by atoms with van der Waals surface area (Å²) in [6.45, 7) is 0. The first-order valence-electron chi connectivity index (χ1n) is 6.39. The maximum absolute atomic E-state index is 12.6. The zero-order valence-electron chi connectivity index (χ0n) is 10.8. The standard InChI is InChI=1S/C14H11F3N2O2/c15-14(16,17)11-7-12(20)19(13(21)18-11)10-6-5-8-3-1-2-4-9(8)10/h1-4,7,10H,5-6H2,(H,18,21). The van der Waals surface area contributed by atoms with Gasteiger partial charge in [0.25, 0.3) is 5.56 Å². The summed E-state index contributed by atoms with van der Waals surface area (Å²) in [5, 5.41) is 0. The van der Waals surface area contributed by atoms with Crippen LogP contribution >= 0.6 is 0 Å². The lowest BCUT2D eigenvalue weighted by Gasteiger charge is -2.15.